The van der Waals surface area contributed by atoms with Gasteiger partial charge in [-0.15, -0.1) is 0 Å². The minimum Gasteiger partial charge on any atom is -0.0813 e. The molecule has 0 radical (unpaired) electrons. The Hall–Kier alpha value is -0.810. The summed E-state index contributed by atoms with van der Waals surface area (Å²) in [6.45, 7) is 0. The maximum atomic E-state index is 6.27. The highest BCUT2D eigenvalue weighted by Gasteiger charge is 2.40. The number of hydrogen-bond acceptors (Lipinski definition) is 1. The molecule has 0 aliphatic rings. The lowest BCUT2D eigenvalue weighted by atomic mass is 10.4. The van der Waals surface area contributed by atoms with E-state index in [9.17, 15) is 0 Å². The maximum absolute atomic E-state index is 6.27. The number of rotatable bonds is 4. The van der Waals surface area contributed by atoms with Gasteiger partial charge in [-0.1, -0.05) is 95.5 Å². The largest absolute Gasteiger partial charge is 0.420 e. The summed E-state index contributed by atoms with van der Waals surface area (Å²) in [4.78, 5) is 0. The summed E-state index contributed by atoms with van der Waals surface area (Å²) in [7, 11) is -2.40. The molecule has 0 saturated carbocycles. The van der Waals surface area contributed by atoms with E-state index in [1.54, 1.807) is 0 Å². The van der Waals surface area contributed by atoms with E-state index in [0.717, 1.165) is 15.9 Å². The van der Waals surface area contributed by atoms with Crippen molar-refractivity contribution in [1.82, 2.24) is 0 Å². The zero-order chi connectivity index (χ0) is 17.0. The highest BCUT2D eigenvalue weighted by Crippen LogP contribution is 2.79. The van der Waals surface area contributed by atoms with Crippen molar-refractivity contribution >= 4 is 62.2 Å². The third kappa shape index (κ3) is 3.88. The monoisotopic (exact) mass is 412 g/mol. The van der Waals surface area contributed by atoms with Crippen LogP contribution in [0.1, 0.15) is 0 Å². The average Bonchev–Trinajstić information content (AvgIpc) is 2.61. The average molecular weight is 414 g/mol. The SMILES string of the molecule is Cl[P+](Cl)(Cl)N=P(c1ccccc1)(c1ccccc1)c1ccccc1. The second kappa shape index (κ2) is 7.61. The van der Waals surface area contributed by atoms with Gasteiger partial charge in [0.05, 0.1) is 0 Å². The predicted octanol–water partition coefficient (Wildman–Crippen LogP) is 6.56. The van der Waals surface area contributed by atoms with Gasteiger partial charge in [-0.05, 0) is 0 Å². The maximum Gasteiger partial charge on any atom is 0.420 e. The molecule has 0 N–H and O–H groups in total. The van der Waals surface area contributed by atoms with Crippen LogP contribution in [0.3, 0.4) is 0 Å². The van der Waals surface area contributed by atoms with E-state index in [2.05, 4.69) is 36.4 Å². The molecule has 0 aliphatic carbocycles. The summed E-state index contributed by atoms with van der Waals surface area (Å²) < 4.78 is 4.87. The molecule has 0 spiro atoms. The summed E-state index contributed by atoms with van der Waals surface area (Å²) in [5, 5.41) is 3.23. The Kier molecular flexibility index (Phi) is 5.70. The molecule has 3 rings (SSSR count). The lowest BCUT2D eigenvalue weighted by Gasteiger charge is -2.24. The number of benzene rings is 3. The van der Waals surface area contributed by atoms with Crippen LogP contribution >= 0.6 is 46.2 Å². The van der Waals surface area contributed by atoms with Crippen molar-refractivity contribution in [3.63, 3.8) is 0 Å². The Morgan fingerprint density at radius 2 is 0.833 bits per heavy atom. The smallest absolute Gasteiger partial charge is 0.0813 e. The number of hydrogen-bond donors (Lipinski definition) is 0. The van der Waals surface area contributed by atoms with Crippen LogP contribution < -0.4 is 15.9 Å². The van der Waals surface area contributed by atoms with Crippen LogP contribution in [0.4, 0.5) is 0 Å². The lowest BCUT2D eigenvalue weighted by molar-refractivity contribution is 1.71. The first-order valence-electron chi connectivity index (χ1n) is 7.31. The molecule has 3 aromatic carbocycles. The Labute approximate surface area is 157 Å². The van der Waals surface area contributed by atoms with Crippen LogP contribution in [-0.4, -0.2) is 0 Å². The normalized spacial score (nSPS) is 12.0. The highest BCUT2D eigenvalue weighted by molar-refractivity contribution is 8.33. The fourth-order valence-electron chi connectivity index (χ4n) is 2.69. The second-order valence-electron chi connectivity index (χ2n) is 5.15. The lowest BCUT2D eigenvalue weighted by Crippen LogP contribution is -2.25. The fourth-order valence-corrected chi connectivity index (χ4v) is 10.6. The number of halogens is 3. The van der Waals surface area contributed by atoms with Crippen molar-refractivity contribution < 1.29 is 0 Å². The van der Waals surface area contributed by atoms with Crippen molar-refractivity contribution in [2.24, 2.45) is 4.52 Å². The molecule has 0 amide bonds. The van der Waals surface area contributed by atoms with Gasteiger partial charge in [0.15, 0.2) is 33.7 Å². The third-order valence-corrected chi connectivity index (χ3v) is 10.5. The van der Waals surface area contributed by atoms with E-state index < -0.39 is 12.5 Å². The van der Waals surface area contributed by atoms with E-state index >= 15 is 0 Å². The van der Waals surface area contributed by atoms with E-state index in [-0.39, 0.29) is 0 Å². The highest BCUT2D eigenvalue weighted by atomic mass is 36.1. The van der Waals surface area contributed by atoms with Gasteiger partial charge in [0, 0.05) is 15.9 Å². The van der Waals surface area contributed by atoms with Crippen LogP contribution in [0.15, 0.2) is 95.5 Å². The summed E-state index contributed by atoms with van der Waals surface area (Å²) in [6.07, 6.45) is 0. The minimum atomic E-state index is -2.94. The molecule has 1 nitrogen and oxygen atoms in total. The molecular weight excluding hydrogens is 399 g/mol. The zero-order valence-corrected chi connectivity index (χ0v) is 16.7. The van der Waals surface area contributed by atoms with Gasteiger partial charge in [0.25, 0.3) is 0 Å². The Morgan fingerprint density at radius 3 is 1.08 bits per heavy atom. The predicted molar refractivity (Wildman–Crippen MR) is 112 cm³/mol. The van der Waals surface area contributed by atoms with Crippen molar-refractivity contribution in [3.8, 4) is 0 Å². The molecule has 0 saturated heterocycles. The van der Waals surface area contributed by atoms with Crippen molar-refractivity contribution in [3.05, 3.63) is 91.0 Å². The first kappa shape index (κ1) is 18.0. The molecule has 0 heterocycles. The Balaban J connectivity index is 2.45. The van der Waals surface area contributed by atoms with E-state index in [1.165, 1.54) is 0 Å². The first-order chi connectivity index (χ1) is 11.5. The molecule has 0 fully saturated rings. The van der Waals surface area contributed by atoms with Crippen molar-refractivity contribution in [2.75, 3.05) is 0 Å². The second-order valence-corrected chi connectivity index (χ2v) is 15.5. The number of nitrogens with zero attached hydrogens (tertiary/aromatic N) is 1. The van der Waals surface area contributed by atoms with Crippen LogP contribution in [-0.2, 0) is 0 Å². The minimum absolute atomic E-state index is 1.08. The van der Waals surface area contributed by atoms with E-state index in [4.69, 9.17) is 38.2 Å². The summed E-state index contributed by atoms with van der Waals surface area (Å²) in [6, 6.07) is 30.4. The fraction of sp³-hybridized carbons (Fsp3) is 0. The molecule has 24 heavy (non-hydrogen) atoms. The molecule has 3 aromatic rings. The third-order valence-electron chi connectivity index (χ3n) is 3.63. The van der Waals surface area contributed by atoms with Gasteiger partial charge < -0.3 is 0 Å². The van der Waals surface area contributed by atoms with Crippen LogP contribution in [0.2, 0.25) is 0 Å². The topological polar surface area (TPSA) is 12.4 Å². The Bertz CT molecular complexity index is 744. The van der Waals surface area contributed by atoms with Crippen LogP contribution in [0, 0.1) is 0 Å². The van der Waals surface area contributed by atoms with E-state index in [0.29, 0.717) is 0 Å². The molecule has 0 bridgehead atoms. The summed E-state index contributed by atoms with van der Waals surface area (Å²) in [5.41, 5.74) is -2.94. The van der Waals surface area contributed by atoms with E-state index in [1.807, 2.05) is 54.6 Å². The van der Waals surface area contributed by atoms with Crippen molar-refractivity contribution in [1.29, 1.82) is 0 Å². The van der Waals surface area contributed by atoms with Crippen LogP contribution in [0.25, 0.3) is 0 Å². The summed E-state index contributed by atoms with van der Waals surface area (Å²) in [5.74, 6) is 0. The van der Waals surface area contributed by atoms with Gasteiger partial charge in [-0.3, -0.25) is 0 Å². The zero-order valence-electron chi connectivity index (χ0n) is 12.6. The molecule has 0 aromatic heterocycles. The molecule has 0 aliphatic heterocycles. The first-order valence-corrected chi connectivity index (χ1v) is 13.5. The summed E-state index contributed by atoms with van der Waals surface area (Å²) >= 11 is 18.8. The van der Waals surface area contributed by atoms with Gasteiger partial charge >= 0.3 is 5.47 Å². The molecule has 0 unspecified atom stereocenters. The van der Waals surface area contributed by atoms with Gasteiger partial charge in [0.2, 0.25) is 0 Å². The van der Waals surface area contributed by atoms with Crippen LogP contribution in [0.5, 0.6) is 0 Å². The Morgan fingerprint density at radius 1 is 0.542 bits per heavy atom. The standard InChI is InChI=1S/C18H15Cl3NP2/c19-24(20,21)22-23(16-10-4-1-5-11-16,17-12-6-2-7-13-17)18-14-8-3-9-15-18/h1-15H/q+1. The molecule has 0 atom stereocenters. The quantitative estimate of drug-likeness (QED) is 0.430. The molecular formula is C18H15Cl3NP2+. The van der Waals surface area contributed by atoms with Crippen molar-refractivity contribution in [2.45, 2.75) is 0 Å². The molecule has 122 valence electrons. The van der Waals surface area contributed by atoms with Gasteiger partial charge in [-0.2, -0.15) is 0 Å². The van der Waals surface area contributed by atoms with Gasteiger partial charge in [0.1, 0.15) is 7.05 Å². The molecule has 6 heteroatoms. The van der Waals surface area contributed by atoms with Gasteiger partial charge in [-0.25, -0.2) is 0 Å².